The zero-order chi connectivity index (χ0) is 23.0. The molecule has 0 unspecified atom stereocenters. The fraction of sp³-hybridized carbons (Fsp3) is 0.120. The van der Waals surface area contributed by atoms with E-state index in [4.69, 9.17) is 23.2 Å². The maximum Gasteiger partial charge on any atom is 0.283 e. The lowest BCUT2D eigenvalue weighted by Crippen LogP contribution is -2.33. The van der Waals surface area contributed by atoms with E-state index in [9.17, 15) is 9.59 Å². The van der Waals surface area contributed by atoms with Crippen LogP contribution in [0, 0.1) is 20.8 Å². The Balaban J connectivity index is 1.79. The Morgan fingerprint density at radius 1 is 0.781 bits per heavy atom. The highest BCUT2D eigenvalue weighted by molar-refractivity contribution is 8.04. The van der Waals surface area contributed by atoms with E-state index in [1.165, 1.54) is 16.7 Å². The number of thioether (sulfide) groups is 1. The maximum atomic E-state index is 13.5. The number of rotatable bonds is 5. The van der Waals surface area contributed by atoms with Crippen molar-refractivity contribution in [1.29, 1.82) is 0 Å². The summed E-state index contributed by atoms with van der Waals surface area (Å²) in [5.74, 6) is -0.786. The van der Waals surface area contributed by atoms with E-state index in [0.717, 1.165) is 27.3 Å². The van der Waals surface area contributed by atoms with Gasteiger partial charge in [0.05, 0.1) is 5.69 Å². The summed E-state index contributed by atoms with van der Waals surface area (Å²) in [6, 6.07) is 18.2. The second kappa shape index (κ2) is 9.02. The van der Waals surface area contributed by atoms with Crippen LogP contribution in [0.1, 0.15) is 16.7 Å². The van der Waals surface area contributed by atoms with Gasteiger partial charge < -0.3 is 5.32 Å². The van der Waals surface area contributed by atoms with Crippen molar-refractivity contribution in [3.63, 3.8) is 0 Å². The molecular formula is C25H20Cl2N2O2S. The van der Waals surface area contributed by atoms with Crippen molar-refractivity contribution in [3.05, 3.63) is 98.0 Å². The maximum absolute atomic E-state index is 13.5. The van der Waals surface area contributed by atoms with Crippen molar-refractivity contribution in [2.45, 2.75) is 25.7 Å². The number of nitrogens with zero attached hydrogens (tertiary/aromatic N) is 1. The highest BCUT2D eigenvalue weighted by atomic mass is 35.5. The number of hydrogen-bond acceptors (Lipinski definition) is 4. The first-order chi connectivity index (χ1) is 15.2. The van der Waals surface area contributed by atoms with E-state index in [1.54, 1.807) is 30.3 Å². The zero-order valence-electron chi connectivity index (χ0n) is 17.7. The molecule has 1 aliphatic heterocycles. The molecule has 162 valence electrons. The van der Waals surface area contributed by atoms with Gasteiger partial charge in [-0.2, -0.15) is 0 Å². The van der Waals surface area contributed by atoms with Crippen molar-refractivity contribution >= 4 is 58.2 Å². The van der Waals surface area contributed by atoms with Crippen molar-refractivity contribution in [2.75, 3.05) is 10.2 Å². The molecule has 0 radical (unpaired) electrons. The summed E-state index contributed by atoms with van der Waals surface area (Å²) in [6.45, 7) is 5.76. The molecule has 0 fully saturated rings. The summed E-state index contributed by atoms with van der Waals surface area (Å²) < 4.78 is 0. The third-order valence-electron chi connectivity index (χ3n) is 5.13. The Morgan fingerprint density at radius 2 is 1.47 bits per heavy atom. The molecule has 0 bridgehead atoms. The van der Waals surface area contributed by atoms with Crippen LogP contribution in [0.4, 0.5) is 11.4 Å². The molecule has 2 amide bonds. The van der Waals surface area contributed by atoms with Crippen molar-refractivity contribution in [2.24, 2.45) is 0 Å². The second-order valence-electron chi connectivity index (χ2n) is 7.58. The van der Waals surface area contributed by atoms with E-state index in [1.807, 2.05) is 51.1 Å². The third kappa shape index (κ3) is 4.42. The predicted octanol–water partition coefficient (Wildman–Crippen LogP) is 6.91. The second-order valence-corrected chi connectivity index (χ2v) is 9.54. The quantitative estimate of drug-likeness (QED) is 0.401. The zero-order valence-corrected chi connectivity index (χ0v) is 20.0. The van der Waals surface area contributed by atoms with Gasteiger partial charge in [0, 0.05) is 20.6 Å². The molecule has 7 heteroatoms. The van der Waals surface area contributed by atoms with E-state index < -0.39 is 5.91 Å². The van der Waals surface area contributed by atoms with Crippen LogP contribution in [0.15, 0.2) is 76.2 Å². The van der Waals surface area contributed by atoms with E-state index in [-0.39, 0.29) is 11.6 Å². The summed E-state index contributed by atoms with van der Waals surface area (Å²) in [5.41, 5.74) is 4.30. The summed E-state index contributed by atoms with van der Waals surface area (Å²) >= 11 is 13.3. The van der Waals surface area contributed by atoms with Crippen molar-refractivity contribution in [3.8, 4) is 0 Å². The van der Waals surface area contributed by atoms with E-state index in [0.29, 0.717) is 20.6 Å². The number of aryl methyl sites for hydroxylation is 3. The largest absolute Gasteiger partial charge is 0.350 e. The van der Waals surface area contributed by atoms with Gasteiger partial charge in [-0.3, -0.25) is 9.59 Å². The van der Waals surface area contributed by atoms with E-state index in [2.05, 4.69) is 5.32 Å². The van der Waals surface area contributed by atoms with Crippen LogP contribution in [0.25, 0.3) is 0 Å². The first kappa shape index (κ1) is 22.5. The minimum absolute atomic E-state index is 0.248. The summed E-state index contributed by atoms with van der Waals surface area (Å²) in [6.07, 6.45) is 0. The first-order valence-electron chi connectivity index (χ1n) is 9.91. The highest BCUT2D eigenvalue weighted by Crippen LogP contribution is 2.39. The van der Waals surface area contributed by atoms with Gasteiger partial charge in [0.1, 0.15) is 10.6 Å². The topological polar surface area (TPSA) is 49.4 Å². The first-order valence-corrected chi connectivity index (χ1v) is 11.5. The molecule has 3 aromatic carbocycles. The average Bonchev–Trinajstić information content (AvgIpc) is 2.96. The molecule has 0 aromatic heterocycles. The van der Waals surface area contributed by atoms with Crippen molar-refractivity contribution in [1.82, 2.24) is 0 Å². The number of imide groups is 1. The fourth-order valence-corrected chi connectivity index (χ4v) is 4.71. The average molecular weight is 483 g/mol. The lowest BCUT2D eigenvalue weighted by molar-refractivity contribution is -0.120. The number of anilines is 2. The number of amides is 2. The van der Waals surface area contributed by atoms with Crippen LogP contribution in [0.2, 0.25) is 10.0 Å². The van der Waals surface area contributed by atoms with Crippen LogP contribution in [0.3, 0.4) is 0 Å². The van der Waals surface area contributed by atoms with Crippen LogP contribution < -0.4 is 10.2 Å². The van der Waals surface area contributed by atoms with Gasteiger partial charge in [-0.05, 0) is 86.0 Å². The van der Waals surface area contributed by atoms with Crippen LogP contribution in [0.5, 0.6) is 0 Å². The molecular weight excluding hydrogens is 463 g/mol. The molecule has 1 aliphatic rings. The monoisotopic (exact) mass is 482 g/mol. The number of hydrogen-bond donors (Lipinski definition) is 1. The molecule has 4 nitrogen and oxygen atoms in total. The highest BCUT2D eigenvalue weighted by Gasteiger charge is 2.41. The molecule has 1 heterocycles. The molecule has 3 aromatic rings. The number of nitrogens with one attached hydrogen (secondary N) is 1. The van der Waals surface area contributed by atoms with Gasteiger partial charge in [-0.15, -0.1) is 0 Å². The number of halogens is 2. The molecule has 4 rings (SSSR count). The molecule has 32 heavy (non-hydrogen) atoms. The van der Waals surface area contributed by atoms with Crippen LogP contribution in [-0.2, 0) is 9.59 Å². The Kier molecular flexibility index (Phi) is 6.33. The third-order valence-corrected chi connectivity index (χ3v) is 6.71. The summed E-state index contributed by atoms with van der Waals surface area (Å²) in [5, 5.41) is 4.38. The molecule has 0 saturated carbocycles. The SMILES string of the molecule is Cc1ccc(C)c(NC2=C(Sc3ccc(Cl)cc3)C(=O)N(c3ccc(Cl)cc3C)C2=O)c1. The number of carbonyl (C=O) groups excluding carboxylic acids is 2. The Labute approximate surface area is 201 Å². The van der Waals surface area contributed by atoms with Crippen LogP contribution in [-0.4, -0.2) is 11.8 Å². The lowest BCUT2D eigenvalue weighted by atomic mass is 10.1. The predicted molar refractivity (Wildman–Crippen MR) is 133 cm³/mol. The van der Waals surface area contributed by atoms with Gasteiger partial charge in [0.25, 0.3) is 11.8 Å². The minimum Gasteiger partial charge on any atom is -0.350 e. The molecule has 0 spiro atoms. The van der Waals surface area contributed by atoms with Gasteiger partial charge in [-0.25, -0.2) is 4.90 Å². The minimum atomic E-state index is -0.405. The number of benzene rings is 3. The summed E-state index contributed by atoms with van der Waals surface area (Å²) in [4.78, 5) is 29.4. The van der Waals surface area contributed by atoms with Gasteiger partial charge in [-0.1, -0.05) is 47.1 Å². The Bertz CT molecular complexity index is 1270. The Hall–Kier alpha value is -2.73. The van der Waals surface area contributed by atoms with E-state index >= 15 is 0 Å². The molecule has 0 saturated heterocycles. The standard InChI is InChI=1S/C25H20Cl2N2O2S/c1-14-4-5-15(2)20(12-14)28-22-23(32-19-9-6-17(26)7-10-19)25(31)29(24(22)30)21-11-8-18(27)13-16(21)3/h4-13,28H,1-3H3. The van der Waals surface area contributed by atoms with Gasteiger partial charge >= 0.3 is 0 Å². The Morgan fingerprint density at radius 3 is 2.16 bits per heavy atom. The smallest absolute Gasteiger partial charge is 0.283 e. The fourth-order valence-electron chi connectivity index (χ4n) is 3.43. The molecule has 0 atom stereocenters. The van der Waals surface area contributed by atoms with Crippen molar-refractivity contribution < 1.29 is 9.59 Å². The summed E-state index contributed by atoms with van der Waals surface area (Å²) in [7, 11) is 0. The van der Waals surface area contributed by atoms with Crippen LogP contribution >= 0.6 is 35.0 Å². The molecule has 0 aliphatic carbocycles. The van der Waals surface area contributed by atoms with Gasteiger partial charge in [0.15, 0.2) is 0 Å². The lowest BCUT2D eigenvalue weighted by Gasteiger charge is -2.18. The number of carbonyl (C=O) groups is 2. The molecule has 1 N–H and O–H groups in total. The normalized spacial score (nSPS) is 13.8. The van der Waals surface area contributed by atoms with Gasteiger partial charge in [0.2, 0.25) is 0 Å².